The number of rotatable bonds is 5. The van der Waals surface area contributed by atoms with Gasteiger partial charge in [-0.3, -0.25) is 4.98 Å². The lowest BCUT2D eigenvalue weighted by molar-refractivity contribution is 0.668. The van der Waals surface area contributed by atoms with Crippen molar-refractivity contribution in [2.24, 2.45) is 0 Å². The normalized spacial score (nSPS) is 11.6. The van der Waals surface area contributed by atoms with Crippen molar-refractivity contribution in [3.05, 3.63) is 164 Å². The molecule has 5 heteroatoms. The second-order valence-electron chi connectivity index (χ2n) is 12.4. The minimum atomic E-state index is 0.645. The molecule has 4 heterocycles. The first-order valence-electron chi connectivity index (χ1n) is 16.6. The first kappa shape index (κ1) is 28.2. The molecule has 0 bridgehead atoms. The SMILES string of the molecule is c1ccc(-c2cc(-c3ccc(-c4ccc5c(c4)oc4ccccc45)c4c3oc3ccccc34)nc(-c3ccc(-c4ccncc4)cc3)n2)cc1. The monoisotopic (exact) mass is 641 g/mol. The van der Waals surface area contributed by atoms with Crippen LogP contribution in [0.2, 0.25) is 0 Å². The summed E-state index contributed by atoms with van der Waals surface area (Å²) in [5.74, 6) is 0.645. The van der Waals surface area contributed by atoms with Crippen molar-refractivity contribution < 1.29 is 8.83 Å². The Balaban J connectivity index is 1.17. The zero-order valence-electron chi connectivity index (χ0n) is 26.7. The average Bonchev–Trinajstić information content (AvgIpc) is 3.77. The van der Waals surface area contributed by atoms with Gasteiger partial charge in [-0.15, -0.1) is 0 Å². The Kier molecular flexibility index (Phi) is 6.42. The van der Waals surface area contributed by atoms with Crippen LogP contribution < -0.4 is 0 Å². The Morgan fingerprint density at radius 3 is 1.82 bits per heavy atom. The van der Waals surface area contributed by atoms with Gasteiger partial charge in [0.15, 0.2) is 5.82 Å². The summed E-state index contributed by atoms with van der Waals surface area (Å²) in [5.41, 5.74) is 12.2. The van der Waals surface area contributed by atoms with E-state index in [-0.39, 0.29) is 0 Å². The van der Waals surface area contributed by atoms with Gasteiger partial charge in [0.2, 0.25) is 0 Å². The predicted molar refractivity (Wildman–Crippen MR) is 202 cm³/mol. The molecule has 0 aliphatic heterocycles. The van der Waals surface area contributed by atoms with Gasteiger partial charge in [-0.1, -0.05) is 103 Å². The summed E-state index contributed by atoms with van der Waals surface area (Å²) in [7, 11) is 0. The van der Waals surface area contributed by atoms with Crippen molar-refractivity contribution in [1.29, 1.82) is 0 Å². The van der Waals surface area contributed by atoms with Crippen LogP contribution in [-0.2, 0) is 0 Å². The Bertz CT molecular complexity index is 2850. The van der Waals surface area contributed by atoms with Crippen molar-refractivity contribution in [2.45, 2.75) is 0 Å². The van der Waals surface area contributed by atoms with Crippen molar-refractivity contribution in [3.63, 3.8) is 0 Å². The minimum Gasteiger partial charge on any atom is -0.456 e. The van der Waals surface area contributed by atoms with E-state index in [0.29, 0.717) is 5.82 Å². The highest BCUT2D eigenvalue weighted by molar-refractivity contribution is 6.17. The molecule has 0 radical (unpaired) electrons. The van der Waals surface area contributed by atoms with E-state index in [1.165, 1.54) is 0 Å². The molecule has 234 valence electrons. The second kappa shape index (κ2) is 11.4. The molecular formula is C45H27N3O2. The van der Waals surface area contributed by atoms with Crippen molar-refractivity contribution in [3.8, 4) is 56.2 Å². The molecule has 10 rings (SSSR count). The second-order valence-corrected chi connectivity index (χ2v) is 12.4. The van der Waals surface area contributed by atoms with Crippen molar-refractivity contribution in [2.75, 3.05) is 0 Å². The van der Waals surface area contributed by atoms with Gasteiger partial charge in [0.25, 0.3) is 0 Å². The van der Waals surface area contributed by atoms with Gasteiger partial charge >= 0.3 is 0 Å². The third-order valence-corrected chi connectivity index (χ3v) is 9.44. The molecule has 0 aliphatic carbocycles. The molecule has 0 aliphatic rings. The van der Waals surface area contributed by atoms with Gasteiger partial charge in [-0.25, -0.2) is 9.97 Å². The van der Waals surface area contributed by atoms with E-state index in [1.54, 1.807) is 0 Å². The highest BCUT2D eigenvalue weighted by atomic mass is 16.3. The molecule has 0 N–H and O–H groups in total. The third kappa shape index (κ3) is 4.67. The summed E-state index contributed by atoms with van der Waals surface area (Å²) >= 11 is 0. The largest absolute Gasteiger partial charge is 0.456 e. The highest BCUT2D eigenvalue weighted by Gasteiger charge is 2.20. The van der Waals surface area contributed by atoms with Gasteiger partial charge in [-0.2, -0.15) is 0 Å². The molecule has 0 spiro atoms. The number of pyridine rings is 1. The Hall–Kier alpha value is -6.85. The third-order valence-electron chi connectivity index (χ3n) is 9.44. The fourth-order valence-electron chi connectivity index (χ4n) is 6.99. The van der Waals surface area contributed by atoms with Gasteiger partial charge in [-0.05, 0) is 70.8 Å². The number of hydrogen-bond acceptors (Lipinski definition) is 5. The lowest BCUT2D eigenvalue weighted by Gasteiger charge is -2.12. The number of aromatic nitrogens is 3. The van der Waals surface area contributed by atoms with E-state index in [2.05, 4.69) is 96.0 Å². The summed E-state index contributed by atoms with van der Waals surface area (Å²) < 4.78 is 13.0. The van der Waals surface area contributed by atoms with E-state index in [0.717, 1.165) is 94.2 Å². The fourth-order valence-corrected chi connectivity index (χ4v) is 6.99. The molecule has 6 aromatic carbocycles. The van der Waals surface area contributed by atoms with Gasteiger partial charge in [0.05, 0.1) is 11.4 Å². The first-order valence-corrected chi connectivity index (χ1v) is 16.6. The van der Waals surface area contributed by atoms with Crippen LogP contribution in [0.1, 0.15) is 0 Å². The van der Waals surface area contributed by atoms with Crippen LogP contribution in [0.3, 0.4) is 0 Å². The van der Waals surface area contributed by atoms with Crippen LogP contribution in [0.5, 0.6) is 0 Å². The number of benzene rings is 6. The maximum atomic E-state index is 6.70. The highest BCUT2D eigenvalue weighted by Crippen LogP contribution is 2.43. The minimum absolute atomic E-state index is 0.645. The summed E-state index contributed by atoms with van der Waals surface area (Å²) in [6, 6.07) is 51.8. The van der Waals surface area contributed by atoms with Crippen molar-refractivity contribution in [1.82, 2.24) is 15.0 Å². The van der Waals surface area contributed by atoms with Gasteiger partial charge < -0.3 is 8.83 Å². The molecule has 0 fully saturated rings. The molecule has 10 aromatic rings. The molecule has 50 heavy (non-hydrogen) atoms. The van der Waals surface area contributed by atoms with E-state index in [4.69, 9.17) is 18.8 Å². The Morgan fingerprint density at radius 1 is 0.380 bits per heavy atom. The maximum absolute atomic E-state index is 6.70. The number of furan rings is 2. The lowest BCUT2D eigenvalue weighted by Crippen LogP contribution is -1.96. The lowest BCUT2D eigenvalue weighted by atomic mass is 9.95. The van der Waals surface area contributed by atoms with Crippen molar-refractivity contribution >= 4 is 43.9 Å². The molecule has 5 nitrogen and oxygen atoms in total. The van der Waals surface area contributed by atoms with E-state index in [9.17, 15) is 0 Å². The summed E-state index contributed by atoms with van der Waals surface area (Å²) in [5, 5.41) is 4.30. The Morgan fingerprint density at radius 2 is 1.00 bits per heavy atom. The molecule has 0 saturated carbocycles. The van der Waals surface area contributed by atoms with Crippen LogP contribution in [0.25, 0.3) is 100 Å². The van der Waals surface area contributed by atoms with Crippen LogP contribution >= 0.6 is 0 Å². The van der Waals surface area contributed by atoms with Crippen LogP contribution in [0.4, 0.5) is 0 Å². The molecule has 0 atom stereocenters. The number of fused-ring (bicyclic) bond motifs is 6. The summed E-state index contributed by atoms with van der Waals surface area (Å²) in [4.78, 5) is 14.4. The van der Waals surface area contributed by atoms with E-state index < -0.39 is 0 Å². The molecule has 0 unspecified atom stereocenters. The van der Waals surface area contributed by atoms with Gasteiger partial charge in [0, 0.05) is 50.6 Å². The molecule has 0 amide bonds. The zero-order valence-corrected chi connectivity index (χ0v) is 26.7. The topological polar surface area (TPSA) is 65.0 Å². The summed E-state index contributed by atoms with van der Waals surface area (Å²) in [6.07, 6.45) is 3.62. The summed E-state index contributed by atoms with van der Waals surface area (Å²) in [6.45, 7) is 0. The number of para-hydroxylation sites is 2. The maximum Gasteiger partial charge on any atom is 0.160 e. The zero-order chi connectivity index (χ0) is 33.0. The molecule has 4 aromatic heterocycles. The van der Waals surface area contributed by atoms with Crippen LogP contribution in [0.15, 0.2) is 173 Å². The van der Waals surface area contributed by atoms with Gasteiger partial charge in [0.1, 0.15) is 22.3 Å². The standard InChI is InChI=1S/C45H27N3O2/c1-2-8-30(9-3-1)38-27-39(48-45(47-38)31-16-14-28(15-17-31)29-22-24-46-25-23-29)36-21-20-33(43-37-11-5-7-13-41(37)50-44(36)43)32-18-19-35-34-10-4-6-12-40(34)49-42(35)26-32/h1-27H. The number of hydrogen-bond donors (Lipinski definition) is 0. The smallest absolute Gasteiger partial charge is 0.160 e. The number of nitrogens with zero attached hydrogens (tertiary/aromatic N) is 3. The van der Waals surface area contributed by atoms with Crippen LogP contribution in [-0.4, -0.2) is 15.0 Å². The molecular weight excluding hydrogens is 615 g/mol. The average molecular weight is 642 g/mol. The Labute approximate surface area is 287 Å². The van der Waals surface area contributed by atoms with E-state index >= 15 is 0 Å². The first-order chi connectivity index (χ1) is 24.8. The van der Waals surface area contributed by atoms with E-state index in [1.807, 2.05) is 73.1 Å². The fraction of sp³-hybridized carbons (Fsp3) is 0. The van der Waals surface area contributed by atoms with Crippen LogP contribution in [0, 0.1) is 0 Å². The predicted octanol–water partition coefficient (Wildman–Crippen LogP) is 12.0. The molecule has 0 saturated heterocycles. The quantitative estimate of drug-likeness (QED) is 0.187.